The van der Waals surface area contributed by atoms with E-state index in [9.17, 15) is 22.8 Å². The minimum Gasteiger partial charge on any atom is -0.496 e. The van der Waals surface area contributed by atoms with Gasteiger partial charge in [-0.2, -0.15) is 13.2 Å². The van der Waals surface area contributed by atoms with Gasteiger partial charge < -0.3 is 24.6 Å². The summed E-state index contributed by atoms with van der Waals surface area (Å²) in [5.74, 6) is 0.643. The number of amides is 3. The number of urea groups is 1. The summed E-state index contributed by atoms with van der Waals surface area (Å²) >= 11 is 0. The van der Waals surface area contributed by atoms with Gasteiger partial charge in [-0.15, -0.1) is 0 Å². The molecule has 1 heterocycles. The molecular weight excluding hydrogens is 451 g/mol. The van der Waals surface area contributed by atoms with Gasteiger partial charge in [0, 0.05) is 31.7 Å². The molecule has 1 unspecified atom stereocenters. The number of nitrogens with one attached hydrogen (secondary N) is 1. The highest BCUT2D eigenvalue weighted by Gasteiger charge is 2.28. The number of carbonyl (C=O) groups is 2. The van der Waals surface area contributed by atoms with Crippen molar-refractivity contribution in [3.8, 4) is 11.5 Å². The van der Waals surface area contributed by atoms with Crippen LogP contribution in [0.3, 0.4) is 0 Å². The lowest BCUT2D eigenvalue weighted by molar-refractivity contribution is -0.153. The highest BCUT2D eigenvalue weighted by molar-refractivity contribution is 5.95. The van der Waals surface area contributed by atoms with Gasteiger partial charge in [0.1, 0.15) is 11.5 Å². The number of ether oxygens (including phenoxy) is 2. The molecule has 3 amide bonds. The largest absolute Gasteiger partial charge is 0.496 e. The number of rotatable bonds is 6. The van der Waals surface area contributed by atoms with Crippen molar-refractivity contribution >= 4 is 11.9 Å². The Morgan fingerprint density at radius 3 is 2.24 bits per heavy atom. The normalized spacial score (nSPS) is 15.0. The predicted molar refractivity (Wildman–Crippen MR) is 120 cm³/mol. The van der Waals surface area contributed by atoms with Crippen molar-refractivity contribution in [2.24, 2.45) is 0 Å². The lowest BCUT2D eigenvalue weighted by atomic mass is 10.1. The zero-order valence-corrected chi connectivity index (χ0v) is 19.3. The number of hydrogen-bond acceptors (Lipinski definition) is 4. The molecule has 1 atom stereocenters. The molecule has 1 N–H and O–H groups in total. The van der Waals surface area contributed by atoms with Gasteiger partial charge in [0.25, 0.3) is 5.91 Å². The molecule has 2 aromatic rings. The molecule has 0 spiro atoms. The smallest absolute Gasteiger partial charge is 0.422 e. The Morgan fingerprint density at radius 2 is 1.65 bits per heavy atom. The van der Waals surface area contributed by atoms with E-state index in [1.807, 2.05) is 13.0 Å². The van der Waals surface area contributed by atoms with Gasteiger partial charge in [0.15, 0.2) is 6.61 Å². The molecule has 3 rings (SSSR count). The van der Waals surface area contributed by atoms with E-state index in [1.165, 1.54) is 12.1 Å². The molecular formula is C24H28F3N3O4. The molecule has 0 bridgehead atoms. The first-order chi connectivity index (χ1) is 16.1. The van der Waals surface area contributed by atoms with Crippen LogP contribution >= 0.6 is 0 Å². The first-order valence-electron chi connectivity index (χ1n) is 10.9. The van der Waals surface area contributed by atoms with Crippen LogP contribution in [0.15, 0.2) is 42.5 Å². The molecule has 2 aromatic carbocycles. The molecule has 184 valence electrons. The third kappa shape index (κ3) is 6.55. The fourth-order valence-electron chi connectivity index (χ4n) is 3.63. The Bertz CT molecular complexity index is 1000. The fourth-order valence-corrected chi connectivity index (χ4v) is 3.63. The second-order valence-electron chi connectivity index (χ2n) is 8.11. The summed E-state index contributed by atoms with van der Waals surface area (Å²) in [6, 6.07) is 10.8. The molecule has 7 nitrogen and oxygen atoms in total. The van der Waals surface area contributed by atoms with Gasteiger partial charge in [-0.1, -0.05) is 18.2 Å². The monoisotopic (exact) mass is 479 g/mol. The van der Waals surface area contributed by atoms with Crippen LogP contribution in [0, 0.1) is 6.92 Å². The number of hydrogen-bond donors (Lipinski definition) is 1. The number of nitrogens with zero attached hydrogens (tertiary/aromatic N) is 2. The minimum absolute atomic E-state index is 0.103. The standard InChI is InChI=1S/C24H28F3N3O4/c1-16-4-5-19(14-21(16)33-3)22(31)29-10-12-30(13-11-29)23(32)28-17(2)18-6-8-20(9-7-18)34-15-24(25,26)27/h4-9,14,17H,10-13,15H2,1-3H3,(H,28,32). The second-order valence-corrected chi connectivity index (χ2v) is 8.11. The molecule has 0 radical (unpaired) electrons. The molecule has 0 saturated carbocycles. The average molecular weight is 479 g/mol. The third-order valence-corrected chi connectivity index (χ3v) is 5.63. The van der Waals surface area contributed by atoms with Crippen molar-refractivity contribution in [1.82, 2.24) is 15.1 Å². The van der Waals surface area contributed by atoms with Gasteiger partial charge in [0.2, 0.25) is 0 Å². The van der Waals surface area contributed by atoms with Crippen LogP contribution in [-0.4, -0.2) is 67.8 Å². The van der Waals surface area contributed by atoms with Crippen LogP contribution in [0.1, 0.15) is 34.5 Å². The first-order valence-corrected chi connectivity index (χ1v) is 10.9. The van der Waals surface area contributed by atoms with E-state index in [-0.39, 0.29) is 23.7 Å². The number of alkyl halides is 3. The zero-order valence-electron chi connectivity index (χ0n) is 19.3. The number of piperazine rings is 1. The predicted octanol–water partition coefficient (Wildman–Crippen LogP) is 4.17. The van der Waals surface area contributed by atoms with Crippen molar-refractivity contribution in [2.75, 3.05) is 39.9 Å². The van der Waals surface area contributed by atoms with Gasteiger partial charge >= 0.3 is 12.2 Å². The quantitative estimate of drug-likeness (QED) is 0.675. The Kier molecular flexibility index (Phi) is 7.90. The summed E-state index contributed by atoms with van der Waals surface area (Å²) in [6.45, 7) is 3.92. The van der Waals surface area contributed by atoms with Gasteiger partial charge in [-0.05, 0) is 49.2 Å². The van der Waals surface area contributed by atoms with E-state index in [1.54, 1.807) is 48.1 Å². The third-order valence-electron chi connectivity index (χ3n) is 5.63. The molecule has 1 saturated heterocycles. The SMILES string of the molecule is COc1cc(C(=O)N2CCN(C(=O)NC(C)c3ccc(OCC(F)(F)F)cc3)CC2)ccc1C. The molecule has 10 heteroatoms. The van der Waals surface area contributed by atoms with Crippen molar-refractivity contribution in [3.05, 3.63) is 59.2 Å². The van der Waals surface area contributed by atoms with Gasteiger partial charge in [-0.25, -0.2) is 4.79 Å². The first kappa shape index (κ1) is 25.2. The molecule has 1 aliphatic rings. The van der Waals surface area contributed by atoms with E-state index in [0.29, 0.717) is 37.5 Å². The lowest BCUT2D eigenvalue weighted by Gasteiger charge is -2.35. The summed E-state index contributed by atoms with van der Waals surface area (Å²) in [7, 11) is 1.56. The van der Waals surface area contributed by atoms with Crippen LogP contribution in [0.2, 0.25) is 0 Å². The molecule has 1 fully saturated rings. The number of methoxy groups -OCH3 is 1. The zero-order chi connectivity index (χ0) is 24.9. The van der Waals surface area contributed by atoms with E-state index in [2.05, 4.69) is 5.32 Å². The summed E-state index contributed by atoms with van der Waals surface area (Å²) < 4.78 is 46.8. The van der Waals surface area contributed by atoms with Gasteiger partial charge in [-0.3, -0.25) is 4.79 Å². The van der Waals surface area contributed by atoms with Crippen molar-refractivity contribution in [3.63, 3.8) is 0 Å². The molecule has 0 aliphatic carbocycles. The van der Waals surface area contributed by atoms with Crippen LogP contribution in [0.25, 0.3) is 0 Å². The highest BCUT2D eigenvalue weighted by Crippen LogP contribution is 2.22. The van der Waals surface area contributed by atoms with Crippen molar-refractivity contribution in [2.45, 2.75) is 26.1 Å². The van der Waals surface area contributed by atoms with Gasteiger partial charge in [0.05, 0.1) is 13.2 Å². The number of halogens is 3. The highest BCUT2D eigenvalue weighted by atomic mass is 19.4. The Labute approximate surface area is 196 Å². The summed E-state index contributed by atoms with van der Waals surface area (Å²) in [6.07, 6.45) is -4.40. The van der Waals surface area contributed by atoms with Crippen molar-refractivity contribution in [1.29, 1.82) is 0 Å². The minimum atomic E-state index is -4.40. The second kappa shape index (κ2) is 10.7. The Morgan fingerprint density at radius 1 is 1.03 bits per heavy atom. The topological polar surface area (TPSA) is 71.1 Å². The number of carbonyl (C=O) groups excluding carboxylic acids is 2. The molecule has 0 aromatic heterocycles. The average Bonchev–Trinajstić information content (AvgIpc) is 2.82. The van der Waals surface area contributed by atoms with E-state index in [4.69, 9.17) is 9.47 Å². The summed E-state index contributed by atoms with van der Waals surface area (Å²) in [5, 5.41) is 2.88. The van der Waals surface area contributed by atoms with Crippen LogP contribution in [-0.2, 0) is 0 Å². The Balaban J connectivity index is 1.50. The lowest BCUT2D eigenvalue weighted by Crippen LogP contribution is -2.53. The van der Waals surface area contributed by atoms with E-state index in [0.717, 1.165) is 11.1 Å². The fraction of sp³-hybridized carbons (Fsp3) is 0.417. The maximum absolute atomic E-state index is 12.8. The maximum Gasteiger partial charge on any atom is 0.422 e. The molecule has 1 aliphatic heterocycles. The maximum atomic E-state index is 12.8. The number of benzene rings is 2. The number of aryl methyl sites for hydroxylation is 1. The van der Waals surface area contributed by atoms with Crippen LogP contribution in [0.4, 0.5) is 18.0 Å². The van der Waals surface area contributed by atoms with Crippen molar-refractivity contribution < 1.29 is 32.2 Å². The molecule has 34 heavy (non-hydrogen) atoms. The summed E-state index contributed by atoms with van der Waals surface area (Å²) in [5.41, 5.74) is 2.21. The Hall–Kier alpha value is -3.43. The summed E-state index contributed by atoms with van der Waals surface area (Å²) in [4.78, 5) is 28.8. The van der Waals surface area contributed by atoms with Crippen LogP contribution < -0.4 is 14.8 Å². The van der Waals surface area contributed by atoms with E-state index >= 15 is 0 Å². The van der Waals surface area contributed by atoms with E-state index < -0.39 is 12.8 Å². The van der Waals surface area contributed by atoms with Crippen LogP contribution in [0.5, 0.6) is 11.5 Å².